The first-order valence-corrected chi connectivity index (χ1v) is 19.0. The van der Waals surface area contributed by atoms with Gasteiger partial charge in [0.25, 0.3) is 11.7 Å². The molecule has 2 unspecified atom stereocenters. The summed E-state index contributed by atoms with van der Waals surface area (Å²) in [5, 5.41) is 14.4. The second kappa shape index (κ2) is 14.5. The van der Waals surface area contributed by atoms with E-state index in [1.54, 1.807) is 37.9 Å². The molecule has 4 fully saturated rings. The Labute approximate surface area is 314 Å². The van der Waals surface area contributed by atoms with Gasteiger partial charge in [-0.3, -0.25) is 19.2 Å². The quantitative estimate of drug-likeness (QED) is 0.299. The number of imidazole rings is 1. The lowest BCUT2D eigenvalue weighted by Crippen LogP contribution is -2.57. The third-order valence-corrected chi connectivity index (χ3v) is 11.2. The van der Waals surface area contributed by atoms with Crippen LogP contribution in [0.1, 0.15) is 101 Å². The molecule has 3 saturated heterocycles. The summed E-state index contributed by atoms with van der Waals surface area (Å²) >= 11 is 0. The van der Waals surface area contributed by atoms with E-state index >= 15 is 0 Å². The summed E-state index contributed by atoms with van der Waals surface area (Å²) in [6.45, 7) is 7.82. The zero-order chi connectivity index (χ0) is 39.4. The van der Waals surface area contributed by atoms with Crippen LogP contribution in [-0.4, -0.2) is 102 Å². The Hall–Kier alpha value is -4.58. The van der Waals surface area contributed by atoms with Gasteiger partial charge in [-0.15, -0.1) is 0 Å². The lowest BCUT2D eigenvalue weighted by atomic mass is 9.81. The largest absolute Gasteiger partial charge is 0.444 e. The second-order valence-electron chi connectivity index (χ2n) is 16.3. The van der Waals surface area contributed by atoms with Gasteiger partial charge in [0.2, 0.25) is 11.8 Å². The molecule has 3 aromatic heterocycles. The normalized spacial score (nSPS) is 25.2. The van der Waals surface area contributed by atoms with Crippen molar-refractivity contribution in [3.63, 3.8) is 0 Å². The molecule has 55 heavy (non-hydrogen) atoms. The number of nitrogens with one attached hydrogen (secondary N) is 2. The fraction of sp³-hybridized carbons (Fsp3) is 0.694. The molecule has 0 radical (unpaired) electrons. The van der Waals surface area contributed by atoms with Gasteiger partial charge in [-0.2, -0.15) is 28.4 Å². The third-order valence-electron chi connectivity index (χ3n) is 11.2. The van der Waals surface area contributed by atoms with Crippen molar-refractivity contribution in [2.45, 2.75) is 121 Å². The third kappa shape index (κ3) is 8.20. The number of halogens is 5. The van der Waals surface area contributed by atoms with Crippen molar-refractivity contribution >= 4 is 29.5 Å². The summed E-state index contributed by atoms with van der Waals surface area (Å²) in [6, 6.07) is 0.298. The van der Waals surface area contributed by atoms with Gasteiger partial charge in [-0.25, -0.2) is 23.1 Å². The molecule has 2 bridgehead atoms. The van der Waals surface area contributed by atoms with E-state index in [0.717, 1.165) is 0 Å². The Balaban J connectivity index is 1.25. The van der Waals surface area contributed by atoms with Crippen LogP contribution in [0.3, 0.4) is 0 Å². The van der Waals surface area contributed by atoms with Crippen LogP contribution in [-0.2, 0) is 22.5 Å². The number of rotatable bonds is 8. The van der Waals surface area contributed by atoms with Crippen LogP contribution in [0, 0.1) is 17.8 Å². The molecule has 3 aromatic rings. The summed E-state index contributed by atoms with van der Waals surface area (Å²) in [7, 11) is 0. The van der Waals surface area contributed by atoms with Crippen molar-refractivity contribution in [1.29, 1.82) is 0 Å². The van der Waals surface area contributed by atoms with Gasteiger partial charge in [0, 0.05) is 57.6 Å². The highest BCUT2D eigenvalue weighted by Crippen LogP contribution is 2.42. The number of piperazine rings is 1. The molecule has 19 heteroatoms. The van der Waals surface area contributed by atoms with Gasteiger partial charge in [0.15, 0.2) is 5.82 Å². The first kappa shape index (κ1) is 38.7. The number of carbonyl (C=O) groups excluding carboxylic acids is 3. The highest BCUT2D eigenvalue weighted by molar-refractivity contribution is 5.92. The lowest BCUT2D eigenvalue weighted by molar-refractivity contribution is -0.183. The fourth-order valence-corrected chi connectivity index (χ4v) is 8.47. The number of alkyl halides is 5. The van der Waals surface area contributed by atoms with E-state index in [1.165, 1.54) is 15.4 Å². The number of aryl methyl sites for hydroxylation is 1. The van der Waals surface area contributed by atoms with Gasteiger partial charge in [0.1, 0.15) is 17.0 Å². The maximum Gasteiger partial charge on any atom is 0.410 e. The number of hydrogen-bond acceptors (Lipinski definition) is 9. The van der Waals surface area contributed by atoms with Crippen molar-refractivity contribution < 1.29 is 41.1 Å². The predicted octanol–water partition coefficient (Wildman–Crippen LogP) is 5.08. The topological polar surface area (TPSA) is 152 Å². The number of ether oxygens (including phenoxy) is 1. The Kier molecular flexibility index (Phi) is 10.2. The zero-order valence-corrected chi connectivity index (χ0v) is 31.3. The van der Waals surface area contributed by atoms with Crippen LogP contribution >= 0.6 is 0 Å². The first-order chi connectivity index (χ1) is 25.9. The number of nitrogens with zero attached hydrogens (tertiary/aromatic N) is 8. The van der Waals surface area contributed by atoms with E-state index in [1.807, 2.05) is 11.8 Å². The molecule has 6 heterocycles. The number of anilines is 1. The monoisotopic (exact) mass is 778 g/mol. The SMILES string of the molecule is CCn1nccc1C(=O)N[C@H](c1cn2nc(C[C@H]3C[C@@H](C(F)(F)F)CNC3=O)c(N3CC4CCC(C3)N4C(=O)OC(C)(C)C)nc2n1)C1CCC(F)(F)CC1. The van der Waals surface area contributed by atoms with E-state index in [9.17, 15) is 36.3 Å². The average molecular weight is 779 g/mol. The molecule has 0 aromatic carbocycles. The number of carbonyl (C=O) groups is 3. The summed E-state index contributed by atoms with van der Waals surface area (Å²) in [6.07, 6.45) is -1.49. The minimum Gasteiger partial charge on any atom is -0.444 e. The smallest absolute Gasteiger partial charge is 0.410 e. The van der Waals surface area contributed by atoms with Crippen molar-refractivity contribution in [3.8, 4) is 0 Å². The van der Waals surface area contributed by atoms with Crippen molar-refractivity contribution in [2.75, 3.05) is 24.5 Å². The van der Waals surface area contributed by atoms with Crippen LogP contribution in [0.25, 0.3) is 5.78 Å². The van der Waals surface area contributed by atoms with Gasteiger partial charge >= 0.3 is 12.3 Å². The van der Waals surface area contributed by atoms with E-state index < -0.39 is 72.4 Å². The summed E-state index contributed by atoms with van der Waals surface area (Å²) in [4.78, 5) is 53.2. The van der Waals surface area contributed by atoms with Gasteiger partial charge in [0.05, 0.1) is 35.9 Å². The van der Waals surface area contributed by atoms with Crippen LogP contribution in [0.4, 0.5) is 32.6 Å². The number of piperidine rings is 1. The minimum atomic E-state index is -4.50. The summed E-state index contributed by atoms with van der Waals surface area (Å²) in [5.74, 6) is -6.51. The molecule has 14 nitrogen and oxygen atoms in total. The highest BCUT2D eigenvalue weighted by atomic mass is 19.4. The maximum atomic E-state index is 14.3. The van der Waals surface area contributed by atoms with E-state index in [4.69, 9.17) is 19.8 Å². The molecule has 5 atom stereocenters. The molecule has 3 aliphatic heterocycles. The van der Waals surface area contributed by atoms with E-state index in [-0.39, 0.29) is 55.7 Å². The second-order valence-corrected chi connectivity index (χ2v) is 16.3. The molecule has 2 N–H and O–H groups in total. The molecule has 7 rings (SSSR count). The van der Waals surface area contributed by atoms with Crippen LogP contribution in [0.15, 0.2) is 18.5 Å². The molecule has 300 valence electrons. The Morgan fingerprint density at radius 2 is 1.76 bits per heavy atom. The van der Waals surface area contributed by atoms with E-state index in [0.29, 0.717) is 49.7 Å². The highest BCUT2D eigenvalue weighted by Gasteiger charge is 2.47. The Bertz CT molecular complexity index is 1900. The van der Waals surface area contributed by atoms with Crippen LogP contribution < -0.4 is 15.5 Å². The number of fused-ring (bicyclic) bond motifs is 3. The van der Waals surface area contributed by atoms with E-state index in [2.05, 4.69) is 15.7 Å². The molecule has 1 aliphatic carbocycles. The van der Waals surface area contributed by atoms with Crippen LogP contribution in [0.5, 0.6) is 0 Å². The van der Waals surface area contributed by atoms with Gasteiger partial charge in [-0.1, -0.05) is 0 Å². The summed E-state index contributed by atoms with van der Waals surface area (Å²) in [5.41, 5.74) is 0.199. The average Bonchev–Trinajstić information content (AvgIpc) is 3.82. The molecule has 1 saturated carbocycles. The number of aromatic nitrogens is 6. The van der Waals surface area contributed by atoms with Crippen molar-refractivity contribution in [3.05, 3.63) is 35.5 Å². The zero-order valence-electron chi connectivity index (χ0n) is 31.3. The Morgan fingerprint density at radius 1 is 1.07 bits per heavy atom. The lowest BCUT2D eigenvalue weighted by Gasteiger charge is -2.42. The van der Waals surface area contributed by atoms with Gasteiger partial charge < -0.3 is 20.3 Å². The maximum absolute atomic E-state index is 14.3. The number of hydrogen-bond donors (Lipinski definition) is 2. The van der Waals surface area contributed by atoms with Crippen molar-refractivity contribution in [1.82, 2.24) is 44.9 Å². The molecule has 4 aliphatic rings. The Morgan fingerprint density at radius 3 is 2.40 bits per heavy atom. The predicted molar refractivity (Wildman–Crippen MR) is 187 cm³/mol. The van der Waals surface area contributed by atoms with Gasteiger partial charge in [-0.05, 0) is 71.8 Å². The standard InChI is InChI=1S/C36H47F5N10O4/c1-5-49-27(10-13-43-49)31(53)45-28(20-8-11-35(37,38)12-9-20)26-19-50-32(44-26)46-29(25(47-50)15-21-14-22(36(39,40)41)16-42-30(21)52)48-17-23-6-7-24(18-48)51(23)33(54)55-34(2,3)4/h10,13,19-24,28H,5-9,11-12,14-18H2,1-4H3,(H,42,52)(H,45,53)/t21-,22-,23?,24?,28+/m1/s1. The van der Waals surface area contributed by atoms with Crippen molar-refractivity contribution in [2.24, 2.45) is 17.8 Å². The fourth-order valence-electron chi connectivity index (χ4n) is 8.47. The van der Waals surface area contributed by atoms with Crippen LogP contribution in [0.2, 0.25) is 0 Å². The molecule has 3 amide bonds. The number of amides is 3. The summed E-state index contributed by atoms with van der Waals surface area (Å²) < 4.78 is 78.7. The molecule has 0 spiro atoms. The molecular weight excluding hydrogens is 731 g/mol. The first-order valence-electron chi connectivity index (χ1n) is 19.0. The molecular formula is C36H47F5N10O4. The minimum absolute atomic E-state index is 0.121.